The van der Waals surface area contributed by atoms with Gasteiger partial charge in [0, 0.05) is 6.42 Å². The number of hydrogen-bond acceptors (Lipinski definition) is 3. The summed E-state index contributed by atoms with van der Waals surface area (Å²) in [4.78, 5) is 10.4. The van der Waals surface area contributed by atoms with Gasteiger partial charge in [-0.25, -0.2) is 4.79 Å². The van der Waals surface area contributed by atoms with Crippen LogP contribution in [-0.2, 0) is 9.53 Å². The molecule has 0 bridgehead atoms. The first kappa shape index (κ1) is 9.01. The van der Waals surface area contributed by atoms with E-state index in [1.54, 1.807) is 0 Å². The Bertz CT molecular complexity index is 146. The first-order chi connectivity index (χ1) is 3.84. The zero-order chi connectivity index (χ0) is 5.98. The molecule has 0 spiro atoms. The van der Waals surface area contributed by atoms with E-state index in [9.17, 15) is 4.79 Å². The second-order valence-corrected chi connectivity index (χ2v) is 1.54. The van der Waals surface area contributed by atoms with Gasteiger partial charge < -0.3 is 11.3 Å². The summed E-state index contributed by atoms with van der Waals surface area (Å²) in [7, 11) is 0. The van der Waals surface area contributed by atoms with Gasteiger partial charge in [-0.1, -0.05) is 0 Å². The van der Waals surface area contributed by atoms with Gasteiger partial charge in [0.05, 0.1) is 18.4 Å². The summed E-state index contributed by atoms with van der Waals surface area (Å²) in [5.74, 6) is -0.396. The van der Waals surface area contributed by atoms with Crippen molar-refractivity contribution < 1.29 is 45.6 Å². The Morgan fingerprint density at radius 3 is 2.67 bits per heavy atom. The van der Waals surface area contributed by atoms with Gasteiger partial charge in [-0.05, 0) is 0 Å². The monoisotopic (exact) mass is 138 g/mol. The van der Waals surface area contributed by atoms with Crippen LogP contribution in [0.4, 0.5) is 0 Å². The molecule has 0 unspecified atom stereocenters. The van der Waals surface area contributed by atoms with E-state index in [1.807, 2.05) is 0 Å². The average molecular weight is 138 g/mol. The number of ether oxygens (including phenoxy) is 1. The predicted molar refractivity (Wildman–Crippen MR) is 27.4 cm³/mol. The van der Waals surface area contributed by atoms with E-state index >= 15 is 0 Å². The Morgan fingerprint density at radius 2 is 2.44 bits per heavy atom. The molecule has 0 amide bonds. The molecule has 0 aromatic heterocycles. The second-order valence-electron chi connectivity index (χ2n) is 1.54. The van der Waals surface area contributed by atoms with Gasteiger partial charge in [-0.3, -0.25) is 0 Å². The van der Waals surface area contributed by atoms with E-state index in [0.717, 1.165) is 6.26 Å². The molecule has 0 aliphatic carbocycles. The van der Waals surface area contributed by atoms with Crippen LogP contribution in [-0.4, -0.2) is 17.7 Å². The first-order valence-electron chi connectivity index (χ1n) is 2.35. The Balaban J connectivity index is 0. The fraction of sp³-hybridized carbons (Fsp3) is 0.400. The summed E-state index contributed by atoms with van der Waals surface area (Å²) in [6.07, 6.45) is 1.34. The van der Waals surface area contributed by atoms with Crippen LogP contribution in [0.1, 0.15) is 7.85 Å². The number of rotatable bonds is 0. The minimum atomic E-state index is -0.396. The molecule has 1 aliphatic heterocycles. The molecule has 4 heteroatoms. The van der Waals surface area contributed by atoms with Gasteiger partial charge in [0.2, 0.25) is 0 Å². The summed E-state index contributed by atoms with van der Waals surface area (Å²) in [5.41, 5.74) is 0.366. The first-order valence-corrected chi connectivity index (χ1v) is 2.35. The van der Waals surface area contributed by atoms with Crippen molar-refractivity contribution in [2.24, 2.45) is 0 Å². The number of cyclic esters (lactones) is 1. The molecular formula is C5H7NaO3. The van der Waals surface area contributed by atoms with Crippen molar-refractivity contribution in [3.63, 3.8) is 0 Å². The summed E-state index contributed by atoms with van der Waals surface area (Å²) in [5, 5.41) is 8.27. The molecule has 1 aliphatic rings. The fourth-order valence-electron chi connectivity index (χ4n) is 0.566. The molecule has 1 heterocycles. The summed E-state index contributed by atoms with van der Waals surface area (Å²) in [6, 6.07) is 0. The minimum Gasteiger partial charge on any atom is -1.00 e. The third-order valence-electron chi connectivity index (χ3n) is 1.02. The van der Waals surface area contributed by atoms with Crippen LogP contribution in [0.2, 0.25) is 0 Å². The molecule has 1 rings (SSSR count). The molecule has 1 fully saturated rings. The number of carbonyl (C=O) groups is 1. The van der Waals surface area contributed by atoms with Gasteiger partial charge in [-0.2, -0.15) is 0 Å². The zero-order valence-electron chi connectivity index (χ0n) is 6.26. The molecule has 0 aromatic carbocycles. The largest absolute Gasteiger partial charge is 1.00 e. The van der Waals surface area contributed by atoms with Gasteiger partial charge in [0.1, 0.15) is 0 Å². The normalized spacial score (nSPS) is 21.3. The van der Waals surface area contributed by atoms with Crippen LogP contribution in [0, 0.1) is 0 Å². The number of carbonyl (C=O) groups excluding carboxylic acids is 1. The molecule has 1 saturated heterocycles. The zero-order valence-corrected chi connectivity index (χ0v) is 7.26. The van der Waals surface area contributed by atoms with E-state index in [4.69, 9.17) is 5.11 Å². The van der Waals surface area contributed by atoms with Crippen molar-refractivity contribution in [3.8, 4) is 0 Å². The predicted octanol–water partition coefficient (Wildman–Crippen LogP) is -2.51. The summed E-state index contributed by atoms with van der Waals surface area (Å²) in [6.45, 7) is 0.408. The molecule has 46 valence electrons. The van der Waals surface area contributed by atoms with E-state index in [0.29, 0.717) is 18.6 Å². The molecule has 3 nitrogen and oxygen atoms in total. The van der Waals surface area contributed by atoms with Crippen LogP contribution in [0.3, 0.4) is 0 Å². The molecule has 0 saturated carbocycles. The maximum absolute atomic E-state index is 10.4. The molecule has 9 heavy (non-hydrogen) atoms. The Hall–Kier alpha value is 0.0100. The van der Waals surface area contributed by atoms with Crippen molar-refractivity contribution >= 4 is 5.97 Å². The second kappa shape index (κ2) is 3.93. The van der Waals surface area contributed by atoms with E-state index in [-0.39, 0.29) is 31.0 Å². The third-order valence-corrected chi connectivity index (χ3v) is 1.02. The van der Waals surface area contributed by atoms with E-state index in [2.05, 4.69) is 4.74 Å². The van der Waals surface area contributed by atoms with Crippen molar-refractivity contribution in [3.05, 3.63) is 11.8 Å². The maximum Gasteiger partial charge on any atom is 1.00 e. The van der Waals surface area contributed by atoms with Crippen molar-refractivity contribution in [1.82, 2.24) is 0 Å². The minimum absolute atomic E-state index is 0. The quantitative estimate of drug-likeness (QED) is 0.174. The number of esters is 1. The van der Waals surface area contributed by atoms with E-state index in [1.165, 1.54) is 0 Å². The fourth-order valence-corrected chi connectivity index (χ4v) is 0.566. The van der Waals surface area contributed by atoms with Crippen molar-refractivity contribution in [2.45, 2.75) is 6.42 Å². The topological polar surface area (TPSA) is 46.5 Å². The Morgan fingerprint density at radius 1 is 1.78 bits per heavy atom. The summed E-state index contributed by atoms with van der Waals surface area (Å²) < 4.78 is 4.49. The van der Waals surface area contributed by atoms with Crippen molar-refractivity contribution in [1.29, 1.82) is 0 Å². The van der Waals surface area contributed by atoms with Gasteiger partial charge in [0.25, 0.3) is 0 Å². The van der Waals surface area contributed by atoms with Gasteiger partial charge >= 0.3 is 35.5 Å². The third kappa shape index (κ3) is 2.01. The SMILES string of the molecule is O=C1OCCC1=CO.[H-].[Na+]. The van der Waals surface area contributed by atoms with E-state index < -0.39 is 5.97 Å². The molecule has 1 N–H and O–H groups in total. The number of hydrogen-bond donors (Lipinski definition) is 1. The van der Waals surface area contributed by atoms with Crippen molar-refractivity contribution in [2.75, 3.05) is 6.61 Å². The van der Waals surface area contributed by atoms with Gasteiger partial charge in [-0.15, -0.1) is 0 Å². The van der Waals surface area contributed by atoms with Crippen LogP contribution in [0.5, 0.6) is 0 Å². The van der Waals surface area contributed by atoms with Crippen LogP contribution < -0.4 is 29.6 Å². The Kier molecular flexibility index (Phi) is 3.93. The number of aliphatic hydroxyl groups is 1. The smallest absolute Gasteiger partial charge is 1.00 e. The summed E-state index contributed by atoms with van der Waals surface area (Å²) >= 11 is 0. The standard InChI is InChI=1S/C5H6O3.Na.H/c6-3-4-1-2-8-5(4)7;;/h3,6H,1-2H2;;/q;+1;-1. The molecular weight excluding hydrogens is 131 g/mol. The molecule has 0 aromatic rings. The number of aliphatic hydroxyl groups excluding tert-OH is 1. The van der Waals surface area contributed by atoms with Crippen LogP contribution >= 0.6 is 0 Å². The average Bonchev–Trinajstić information content (AvgIpc) is 2.14. The molecule has 0 atom stereocenters. The van der Waals surface area contributed by atoms with Crippen LogP contribution in [0.25, 0.3) is 0 Å². The molecule has 0 radical (unpaired) electrons. The maximum atomic E-state index is 10.4. The Labute approximate surface area is 76.5 Å². The van der Waals surface area contributed by atoms with Gasteiger partial charge in [0.15, 0.2) is 0 Å². The van der Waals surface area contributed by atoms with Crippen LogP contribution in [0.15, 0.2) is 11.8 Å².